The number of hydrogen-bond donors (Lipinski definition) is 2. The molecule has 1 saturated heterocycles. The molecular weight excluding hydrogens is 378 g/mol. The van der Waals surface area contributed by atoms with Crippen LogP contribution in [0.2, 0.25) is 0 Å². The summed E-state index contributed by atoms with van der Waals surface area (Å²) in [6, 6.07) is 12.2. The minimum absolute atomic E-state index is 0.0137. The van der Waals surface area contributed by atoms with Gasteiger partial charge < -0.3 is 15.4 Å². The predicted octanol–water partition coefficient (Wildman–Crippen LogP) is 3.46. The number of morpholine rings is 1. The van der Waals surface area contributed by atoms with Crippen molar-refractivity contribution in [3.63, 3.8) is 0 Å². The van der Waals surface area contributed by atoms with Crippen LogP contribution in [0.3, 0.4) is 0 Å². The third kappa shape index (κ3) is 5.80. The second-order valence-corrected chi connectivity index (χ2v) is 8.39. The van der Waals surface area contributed by atoms with Crippen molar-refractivity contribution in [3.05, 3.63) is 46.7 Å². The lowest BCUT2D eigenvalue weighted by Crippen LogP contribution is -2.46. The second-order valence-electron chi connectivity index (χ2n) is 6.53. The Bertz CT molecular complexity index is 718. The van der Waals surface area contributed by atoms with Gasteiger partial charge in [0.1, 0.15) is 0 Å². The molecule has 5 nitrogen and oxygen atoms in total. The molecule has 1 aromatic heterocycles. The summed E-state index contributed by atoms with van der Waals surface area (Å²) in [7, 11) is 0. The molecule has 1 amide bonds. The van der Waals surface area contributed by atoms with Gasteiger partial charge >= 0.3 is 0 Å². The van der Waals surface area contributed by atoms with Gasteiger partial charge in [-0.25, -0.2) is 0 Å². The van der Waals surface area contributed by atoms with Crippen LogP contribution in [0.1, 0.15) is 17.8 Å². The third-order valence-corrected chi connectivity index (χ3v) is 6.40. The van der Waals surface area contributed by atoms with E-state index >= 15 is 0 Å². The van der Waals surface area contributed by atoms with Crippen LogP contribution in [-0.2, 0) is 9.53 Å². The molecule has 0 bridgehead atoms. The first kappa shape index (κ1) is 20.4. The fourth-order valence-corrected chi connectivity index (χ4v) is 4.43. The average Bonchev–Trinajstić information content (AvgIpc) is 3.23. The Morgan fingerprint density at radius 3 is 2.81 bits per heavy atom. The summed E-state index contributed by atoms with van der Waals surface area (Å²) in [4.78, 5) is 17.5. The molecule has 1 fully saturated rings. The van der Waals surface area contributed by atoms with Gasteiger partial charge in [0, 0.05) is 35.1 Å². The Labute approximate surface area is 169 Å². The van der Waals surface area contributed by atoms with E-state index in [4.69, 9.17) is 4.74 Å². The number of nitrogens with zero attached hydrogens (tertiary/aromatic N) is 1. The van der Waals surface area contributed by atoms with Crippen LogP contribution in [0.4, 0.5) is 5.69 Å². The van der Waals surface area contributed by atoms with Crippen molar-refractivity contribution in [2.24, 2.45) is 0 Å². The van der Waals surface area contributed by atoms with Crippen molar-refractivity contribution < 1.29 is 9.53 Å². The van der Waals surface area contributed by atoms with E-state index in [0.29, 0.717) is 0 Å². The third-order valence-electron chi connectivity index (χ3n) is 4.71. The lowest BCUT2D eigenvalue weighted by molar-refractivity contribution is -0.117. The highest BCUT2D eigenvalue weighted by Crippen LogP contribution is 2.25. The summed E-state index contributed by atoms with van der Waals surface area (Å²) in [5.74, 6) is -0.0137. The van der Waals surface area contributed by atoms with Crippen LogP contribution >= 0.6 is 23.1 Å². The maximum atomic E-state index is 12.6. The van der Waals surface area contributed by atoms with Crippen molar-refractivity contribution in [2.75, 3.05) is 44.4 Å². The number of amides is 1. The molecule has 1 aliphatic rings. The highest BCUT2D eigenvalue weighted by atomic mass is 32.2. The van der Waals surface area contributed by atoms with Gasteiger partial charge in [-0.3, -0.25) is 9.69 Å². The standard InChI is InChI=1S/C20H27N3O2S2/c1-15(20(24)22-16-5-3-6-17(13-16)26-2)21-14-18(19-7-4-12-27-19)23-8-10-25-11-9-23/h3-7,12-13,15,18,21H,8-11,14H2,1-2H3,(H,22,24). The van der Waals surface area contributed by atoms with Gasteiger partial charge in [-0.1, -0.05) is 12.1 Å². The maximum absolute atomic E-state index is 12.6. The second kappa shape index (κ2) is 10.2. The molecule has 2 N–H and O–H groups in total. The molecule has 1 aromatic carbocycles. The smallest absolute Gasteiger partial charge is 0.241 e. The van der Waals surface area contributed by atoms with Gasteiger partial charge in [0.05, 0.1) is 25.3 Å². The van der Waals surface area contributed by atoms with Crippen molar-refractivity contribution in [3.8, 4) is 0 Å². The number of benzene rings is 1. The van der Waals surface area contributed by atoms with E-state index in [1.165, 1.54) is 4.88 Å². The van der Waals surface area contributed by atoms with Crippen molar-refractivity contribution in [1.29, 1.82) is 0 Å². The van der Waals surface area contributed by atoms with Crippen LogP contribution in [0, 0.1) is 0 Å². The molecule has 0 spiro atoms. The Morgan fingerprint density at radius 2 is 2.11 bits per heavy atom. The first-order valence-corrected chi connectivity index (χ1v) is 11.3. The molecule has 2 unspecified atom stereocenters. The molecule has 3 rings (SSSR count). The Morgan fingerprint density at radius 1 is 1.30 bits per heavy atom. The van der Waals surface area contributed by atoms with E-state index in [2.05, 4.69) is 33.0 Å². The first-order chi connectivity index (χ1) is 13.2. The molecule has 7 heteroatoms. The summed E-state index contributed by atoms with van der Waals surface area (Å²) in [5.41, 5.74) is 0.837. The highest BCUT2D eigenvalue weighted by molar-refractivity contribution is 7.98. The zero-order chi connectivity index (χ0) is 19.1. The molecule has 0 saturated carbocycles. The van der Waals surface area contributed by atoms with E-state index in [9.17, 15) is 4.79 Å². The molecule has 2 aromatic rings. The number of thiophene rings is 1. The lowest BCUT2D eigenvalue weighted by Gasteiger charge is -2.34. The minimum atomic E-state index is -0.272. The fraction of sp³-hybridized carbons (Fsp3) is 0.450. The fourth-order valence-electron chi connectivity index (χ4n) is 3.11. The number of thioether (sulfide) groups is 1. The van der Waals surface area contributed by atoms with E-state index in [0.717, 1.165) is 43.4 Å². The zero-order valence-corrected chi connectivity index (χ0v) is 17.4. The summed E-state index contributed by atoms with van der Waals surface area (Å²) < 4.78 is 5.49. The van der Waals surface area contributed by atoms with Crippen molar-refractivity contribution in [2.45, 2.75) is 23.9 Å². The van der Waals surface area contributed by atoms with Crippen LogP contribution in [0.15, 0.2) is 46.7 Å². The summed E-state index contributed by atoms with van der Waals surface area (Å²) >= 11 is 3.43. The highest BCUT2D eigenvalue weighted by Gasteiger charge is 2.24. The van der Waals surface area contributed by atoms with Gasteiger partial charge in [0.25, 0.3) is 0 Å². The molecule has 0 aliphatic carbocycles. The Hall–Kier alpha value is -1.38. The van der Waals surface area contributed by atoms with E-state index in [1.54, 1.807) is 23.1 Å². The van der Waals surface area contributed by atoms with Crippen molar-refractivity contribution in [1.82, 2.24) is 10.2 Å². The minimum Gasteiger partial charge on any atom is -0.379 e. The van der Waals surface area contributed by atoms with Crippen LogP contribution < -0.4 is 10.6 Å². The number of carbonyl (C=O) groups is 1. The monoisotopic (exact) mass is 405 g/mol. The van der Waals surface area contributed by atoms with Crippen LogP contribution in [0.25, 0.3) is 0 Å². The summed E-state index contributed by atoms with van der Waals surface area (Å²) in [6.07, 6.45) is 2.03. The predicted molar refractivity (Wildman–Crippen MR) is 114 cm³/mol. The van der Waals surface area contributed by atoms with Gasteiger partial charge in [0.2, 0.25) is 5.91 Å². The van der Waals surface area contributed by atoms with Crippen LogP contribution in [0.5, 0.6) is 0 Å². The van der Waals surface area contributed by atoms with E-state index in [1.807, 2.05) is 37.4 Å². The molecule has 27 heavy (non-hydrogen) atoms. The number of carbonyl (C=O) groups excluding carboxylic acids is 1. The average molecular weight is 406 g/mol. The molecule has 0 radical (unpaired) electrons. The number of rotatable bonds is 8. The first-order valence-electron chi connectivity index (χ1n) is 9.21. The molecule has 2 heterocycles. The van der Waals surface area contributed by atoms with Crippen LogP contribution in [-0.4, -0.2) is 56.0 Å². The largest absolute Gasteiger partial charge is 0.379 e. The topological polar surface area (TPSA) is 53.6 Å². The lowest BCUT2D eigenvalue weighted by atomic mass is 10.1. The number of ether oxygens (including phenoxy) is 1. The Kier molecular flexibility index (Phi) is 7.72. The molecule has 2 atom stereocenters. The SMILES string of the molecule is CSc1cccc(NC(=O)C(C)NCC(c2cccs2)N2CCOCC2)c1. The van der Waals surface area contributed by atoms with Gasteiger partial charge in [-0.05, 0) is 42.8 Å². The molecule has 1 aliphatic heterocycles. The van der Waals surface area contributed by atoms with E-state index in [-0.39, 0.29) is 18.0 Å². The number of anilines is 1. The van der Waals surface area contributed by atoms with Gasteiger partial charge in [-0.15, -0.1) is 23.1 Å². The number of hydrogen-bond acceptors (Lipinski definition) is 6. The normalized spacial score (nSPS) is 17.4. The summed E-state index contributed by atoms with van der Waals surface area (Å²) in [6.45, 7) is 6.03. The quantitative estimate of drug-likeness (QED) is 0.659. The zero-order valence-electron chi connectivity index (χ0n) is 15.8. The summed E-state index contributed by atoms with van der Waals surface area (Å²) in [5, 5.41) is 8.54. The molecular formula is C20H27N3O2S2. The number of nitrogens with one attached hydrogen (secondary N) is 2. The Balaban J connectivity index is 1.57. The van der Waals surface area contributed by atoms with Crippen molar-refractivity contribution >= 4 is 34.7 Å². The maximum Gasteiger partial charge on any atom is 0.241 e. The molecule has 146 valence electrons. The van der Waals surface area contributed by atoms with Gasteiger partial charge in [-0.2, -0.15) is 0 Å². The van der Waals surface area contributed by atoms with E-state index < -0.39 is 0 Å². The van der Waals surface area contributed by atoms with Gasteiger partial charge in [0.15, 0.2) is 0 Å².